The molecule has 1 aliphatic carbocycles. The predicted octanol–water partition coefficient (Wildman–Crippen LogP) is 1.41. The average molecular weight is 410 g/mol. The molecule has 0 heterocycles. The van der Waals surface area contributed by atoms with E-state index in [0.29, 0.717) is 11.5 Å². The number of rotatable bonds is 8. The van der Waals surface area contributed by atoms with Crippen LogP contribution in [-0.4, -0.2) is 45.3 Å². The van der Waals surface area contributed by atoms with E-state index in [0.717, 1.165) is 25.7 Å². The molecule has 1 fully saturated rings. The number of hydrogen-bond donors (Lipinski definition) is 2. The van der Waals surface area contributed by atoms with Gasteiger partial charge in [-0.05, 0) is 37.8 Å². The van der Waals surface area contributed by atoms with Gasteiger partial charge >= 0.3 is 5.97 Å². The van der Waals surface area contributed by atoms with Gasteiger partial charge in [-0.3, -0.25) is 14.4 Å². The fraction of sp³-hybridized carbons (Fsp3) is 0.526. The number of carbonyl (C=O) groups excluding carboxylic acids is 3. The van der Waals surface area contributed by atoms with Crippen LogP contribution in [0.15, 0.2) is 29.2 Å². The number of Topliss-reactive ketones (excluding diaryl/α,β-unsaturated/α-hetero) is 1. The lowest BCUT2D eigenvalue weighted by Crippen LogP contribution is -2.43. The Hall–Kier alpha value is -2.26. The zero-order valence-electron chi connectivity index (χ0n) is 16.1. The molecule has 1 aromatic carbocycles. The lowest BCUT2D eigenvalue weighted by atomic mass is 9.86. The van der Waals surface area contributed by atoms with Gasteiger partial charge in [-0.25, -0.2) is 8.42 Å². The molecule has 0 saturated heterocycles. The van der Waals surface area contributed by atoms with Gasteiger partial charge in [0.2, 0.25) is 10.0 Å². The molecule has 2 rings (SSSR count). The summed E-state index contributed by atoms with van der Waals surface area (Å²) in [5.74, 6) is -1.04. The number of carbonyl (C=O) groups is 3. The molecule has 0 radical (unpaired) electrons. The fourth-order valence-electron chi connectivity index (χ4n) is 3.08. The predicted molar refractivity (Wildman–Crippen MR) is 102 cm³/mol. The lowest BCUT2D eigenvalue weighted by Gasteiger charge is -2.29. The highest BCUT2D eigenvalue weighted by Crippen LogP contribution is 2.23. The highest BCUT2D eigenvalue weighted by molar-refractivity contribution is 7.89. The molecule has 0 unspecified atom stereocenters. The maximum Gasteiger partial charge on any atom is 0.321 e. The van der Waals surface area contributed by atoms with E-state index in [1.54, 1.807) is 0 Å². The third kappa shape index (κ3) is 6.42. The van der Waals surface area contributed by atoms with Crippen LogP contribution >= 0.6 is 0 Å². The van der Waals surface area contributed by atoms with Crippen LogP contribution in [0.2, 0.25) is 0 Å². The highest BCUT2D eigenvalue weighted by atomic mass is 32.2. The Bertz CT molecular complexity index is 819. The quantitative estimate of drug-likeness (QED) is 0.494. The molecule has 154 valence electrons. The molecule has 0 aliphatic heterocycles. The first kappa shape index (κ1) is 22.0. The van der Waals surface area contributed by atoms with Crippen molar-refractivity contribution in [2.24, 2.45) is 5.92 Å². The van der Waals surface area contributed by atoms with E-state index >= 15 is 0 Å². The summed E-state index contributed by atoms with van der Waals surface area (Å²) in [6.07, 6.45) is 4.17. The summed E-state index contributed by atoms with van der Waals surface area (Å²) in [6.45, 7) is 2.41. The van der Waals surface area contributed by atoms with Gasteiger partial charge in [0.15, 0.2) is 12.4 Å². The number of amides is 1. The Kier molecular flexibility index (Phi) is 7.70. The van der Waals surface area contributed by atoms with Crippen molar-refractivity contribution >= 4 is 27.7 Å². The van der Waals surface area contributed by atoms with Crippen molar-refractivity contribution in [3.05, 3.63) is 29.8 Å². The third-order valence-electron chi connectivity index (χ3n) is 4.80. The van der Waals surface area contributed by atoms with Crippen LogP contribution in [0.3, 0.4) is 0 Å². The van der Waals surface area contributed by atoms with E-state index in [9.17, 15) is 22.8 Å². The smallest absolute Gasteiger partial charge is 0.321 e. The highest BCUT2D eigenvalue weighted by Gasteiger charge is 2.23. The minimum atomic E-state index is -3.93. The summed E-state index contributed by atoms with van der Waals surface area (Å²) in [6, 6.07) is 5.43. The van der Waals surface area contributed by atoms with Crippen molar-refractivity contribution in [3.8, 4) is 0 Å². The van der Waals surface area contributed by atoms with Crippen LogP contribution in [0.5, 0.6) is 0 Å². The summed E-state index contributed by atoms with van der Waals surface area (Å²) in [5.41, 5.74) is 0.386. The number of sulfonamides is 1. The SMILES string of the molecule is CC(=O)c1ccc(S(=O)(=O)NCC(=O)OCC(=O)N[C@H]2CCCC[C@H]2C)cc1. The third-order valence-corrected chi connectivity index (χ3v) is 6.22. The minimum Gasteiger partial charge on any atom is -0.455 e. The summed E-state index contributed by atoms with van der Waals surface area (Å²) < 4.78 is 31.3. The number of benzene rings is 1. The van der Waals surface area contributed by atoms with Crippen LogP contribution < -0.4 is 10.0 Å². The Morgan fingerprint density at radius 1 is 1.11 bits per heavy atom. The first-order valence-corrected chi connectivity index (χ1v) is 10.7. The zero-order valence-corrected chi connectivity index (χ0v) is 16.9. The molecule has 0 bridgehead atoms. The molecule has 0 aromatic heterocycles. The van der Waals surface area contributed by atoms with Crippen LogP contribution in [0, 0.1) is 5.92 Å². The van der Waals surface area contributed by atoms with Gasteiger partial charge in [0.05, 0.1) is 4.90 Å². The Morgan fingerprint density at radius 3 is 2.36 bits per heavy atom. The van der Waals surface area contributed by atoms with E-state index in [4.69, 9.17) is 4.74 Å². The maximum absolute atomic E-state index is 12.2. The van der Waals surface area contributed by atoms with Gasteiger partial charge in [0.25, 0.3) is 5.91 Å². The number of ketones is 1. The molecule has 1 saturated carbocycles. The molecular formula is C19H26N2O6S. The minimum absolute atomic E-state index is 0.0747. The number of ether oxygens (including phenoxy) is 1. The van der Waals surface area contributed by atoms with Gasteiger partial charge in [-0.1, -0.05) is 31.9 Å². The van der Waals surface area contributed by atoms with E-state index in [1.807, 2.05) is 0 Å². The molecule has 2 atom stereocenters. The second kappa shape index (κ2) is 9.79. The second-order valence-electron chi connectivity index (χ2n) is 7.00. The molecule has 9 heteroatoms. The summed E-state index contributed by atoms with van der Waals surface area (Å²) in [7, 11) is -3.93. The zero-order chi connectivity index (χ0) is 20.7. The molecule has 2 N–H and O–H groups in total. The van der Waals surface area contributed by atoms with Crippen molar-refractivity contribution in [1.29, 1.82) is 0 Å². The Balaban J connectivity index is 1.77. The maximum atomic E-state index is 12.2. The van der Waals surface area contributed by atoms with Crippen LogP contribution in [0.25, 0.3) is 0 Å². The van der Waals surface area contributed by atoms with Gasteiger partial charge in [0, 0.05) is 11.6 Å². The van der Waals surface area contributed by atoms with Crippen molar-refractivity contribution < 1.29 is 27.5 Å². The van der Waals surface area contributed by atoms with Gasteiger partial charge in [0.1, 0.15) is 6.54 Å². The Labute approximate surface area is 165 Å². The Morgan fingerprint density at radius 2 is 1.75 bits per heavy atom. The molecule has 8 nitrogen and oxygen atoms in total. The van der Waals surface area contributed by atoms with E-state index < -0.39 is 35.1 Å². The van der Waals surface area contributed by atoms with Crippen molar-refractivity contribution in [3.63, 3.8) is 0 Å². The first-order valence-electron chi connectivity index (χ1n) is 9.24. The van der Waals surface area contributed by atoms with Crippen LogP contribution in [0.4, 0.5) is 0 Å². The topological polar surface area (TPSA) is 119 Å². The van der Waals surface area contributed by atoms with Gasteiger partial charge in [-0.2, -0.15) is 4.72 Å². The van der Waals surface area contributed by atoms with Gasteiger partial charge in [-0.15, -0.1) is 0 Å². The molecule has 1 aromatic rings. The van der Waals surface area contributed by atoms with Crippen molar-refractivity contribution in [1.82, 2.24) is 10.0 Å². The number of hydrogen-bond acceptors (Lipinski definition) is 6. The largest absolute Gasteiger partial charge is 0.455 e. The van der Waals surface area contributed by atoms with Crippen molar-refractivity contribution in [2.75, 3.05) is 13.2 Å². The monoisotopic (exact) mass is 410 g/mol. The summed E-state index contributed by atoms with van der Waals surface area (Å²) in [5, 5.41) is 2.85. The number of nitrogens with one attached hydrogen (secondary N) is 2. The first-order chi connectivity index (χ1) is 13.2. The van der Waals surface area contributed by atoms with E-state index in [2.05, 4.69) is 17.0 Å². The van der Waals surface area contributed by atoms with E-state index in [1.165, 1.54) is 31.2 Å². The molecule has 28 heavy (non-hydrogen) atoms. The molecule has 0 spiro atoms. The van der Waals surface area contributed by atoms with Crippen LogP contribution in [0.1, 0.15) is 49.9 Å². The fourth-order valence-corrected chi connectivity index (χ4v) is 4.05. The normalized spacial score (nSPS) is 19.6. The average Bonchev–Trinajstić information content (AvgIpc) is 2.66. The van der Waals surface area contributed by atoms with Crippen LogP contribution in [-0.2, 0) is 24.3 Å². The summed E-state index contributed by atoms with van der Waals surface area (Å²) >= 11 is 0. The molecular weight excluding hydrogens is 384 g/mol. The summed E-state index contributed by atoms with van der Waals surface area (Å²) in [4.78, 5) is 34.8. The van der Waals surface area contributed by atoms with Gasteiger partial charge < -0.3 is 10.1 Å². The number of esters is 1. The van der Waals surface area contributed by atoms with Crippen molar-refractivity contribution in [2.45, 2.75) is 50.5 Å². The standard InChI is InChI=1S/C19H26N2O6S/c1-13-5-3-4-6-17(13)21-18(23)12-27-19(24)11-20-28(25,26)16-9-7-15(8-10-16)14(2)22/h7-10,13,17,20H,3-6,11-12H2,1-2H3,(H,21,23)/t13-,17+/m1/s1. The lowest BCUT2D eigenvalue weighted by molar-refractivity contribution is -0.147. The molecule has 1 aliphatic rings. The molecule has 1 amide bonds. The second-order valence-corrected chi connectivity index (χ2v) is 8.77. The van der Waals surface area contributed by atoms with E-state index in [-0.39, 0.29) is 16.7 Å².